The van der Waals surface area contributed by atoms with Gasteiger partial charge in [-0.25, -0.2) is 4.79 Å². The molecule has 1 rings (SSSR count). The van der Waals surface area contributed by atoms with Gasteiger partial charge in [-0.2, -0.15) is 0 Å². The van der Waals surface area contributed by atoms with Crippen LogP contribution in [0.3, 0.4) is 0 Å². The van der Waals surface area contributed by atoms with Crippen molar-refractivity contribution in [1.29, 1.82) is 0 Å². The fourth-order valence-electron chi connectivity index (χ4n) is 1.25. The summed E-state index contributed by atoms with van der Waals surface area (Å²) in [6.45, 7) is 5.90. The topological polar surface area (TPSA) is 75.3 Å². The largest absolute Gasteiger partial charge is 0.478 e. The minimum Gasteiger partial charge on any atom is -0.478 e. The molecule has 82 valence electrons. The molecule has 0 atom stereocenters. The number of aromatic carboxylic acids is 1. The molecule has 15 heavy (non-hydrogen) atoms. The Kier molecular flexibility index (Phi) is 2.88. The van der Waals surface area contributed by atoms with Gasteiger partial charge in [-0.1, -0.05) is 0 Å². The Morgan fingerprint density at radius 3 is 2.47 bits per heavy atom. The lowest BCUT2D eigenvalue weighted by atomic mass is 10.1. The van der Waals surface area contributed by atoms with E-state index in [1.54, 1.807) is 12.1 Å². The van der Waals surface area contributed by atoms with Crippen molar-refractivity contribution in [2.75, 3.05) is 11.1 Å². The van der Waals surface area contributed by atoms with E-state index in [4.69, 9.17) is 10.8 Å². The number of hydrogen-bond acceptors (Lipinski definition) is 3. The summed E-state index contributed by atoms with van der Waals surface area (Å²) in [7, 11) is 0. The van der Waals surface area contributed by atoms with Crippen LogP contribution in [0.15, 0.2) is 18.2 Å². The van der Waals surface area contributed by atoms with Crippen LogP contribution in [0.2, 0.25) is 0 Å². The van der Waals surface area contributed by atoms with Gasteiger partial charge in [-0.05, 0) is 39.0 Å². The van der Waals surface area contributed by atoms with Crippen molar-refractivity contribution in [3.63, 3.8) is 0 Å². The lowest BCUT2D eigenvalue weighted by molar-refractivity contribution is 0.0698. The molecule has 0 heterocycles. The van der Waals surface area contributed by atoms with E-state index in [1.165, 1.54) is 6.07 Å². The van der Waals surface area contributed by atoms with Crippen molar-refractivity contribution >= 4 is 17.3 Å². The summed E-state index contributed by atoms with van der Waals surface area (Å²) in [5.74, 6) is -0.978. The highest BCUT2D eigenvalue weighted by molar-refractivity contribution is 5.95. The third kappa shape index (κ3) is 3.16. The molecule has 0 aliphatic heterocycles. The van der Waals surface area contributed by atoms with E-state index in [0.717, 1.165) is 0 Å². The highest BCUT2D eigenvalue weighted by Crippen LogP contribution is 2.22. The van der Waals surface area contributed by atoms with E-state index in [2.05, 4.69) is 5.32 Å². The molecular weight excluding hydrogens is 192 g/mol. The second-order valence-corrected chi connectivity index (χ2v) is 4.49. The number of nitrogens with one attached hydrogen (secondary N) is 1. The quantitative estimate of drug-likeness (QED) is 0.651. The third-order valence-electron chi connectivity index (χ3n) is 1.78. The molecule has 0 aliphatic carbocycles. The summed E-state index contributed by atoms with van der Waals surface area (Å²) in [4.78, 5) is 11.0. The molecule has 1 aromatic rings. The van der Waals surface area contributed by atoms with Crippen LogP contribution in [0, 0.1) is 0 Å². The monoisotopic (exact) mass is 208 g/mol. The van der Waals surface area contributed by atoms with E-state index < -0.39 is 5.97 Å². The first-order valence-electron chi connectivity index (χ1n) is 4.70. The van der Waals surface area contributed by atoms with Crippen LogP contribution < -0.4 is 11.1 Å². The van der Waals surface area contributed by atoms with Crippen molar-refractivity contribution in [2.24, 2.45) is 0 Å². The molecule has 4 N–H and O–H groups in total. The summed E-state index contributed by atoms with van der Waals surface area (Å²) in [6.07, 6.45) is 0. The molecule has 0 saturated carbocycles. The molecule has 0 amide bonds. The van der Waals surface area contributed by atoms with Gasteiger partial charge >= 0.3 is 5.97 Å². The van der Waals surface area contributed by atoms with E-state index in [1.807, 2.05) is 20.8 Å². The van der Waals surface area contributed by atoms with Crippen molar-refractivity contribution in [3.05, 3.63) is 23.8 Å². The average Bonchev–Trinajstić information content (AvgIpc) is 2.05. The molecule has 4 heteroatoms. The van der Waals surface area contributed by atoms with E-state index in [0.29, 0.717) is 11.4 Å². The van der Waals surface area contributed by atoms with Gasteiger partial charge in [0.15, 0.2) is 0 Å². The number of rotatable bonds is 2. The minimum atomic E-state index is -0.978. The normalized spacial score (nSPS) is 11.1. The zero-order valence-corrected chi connectivity index (χ0v) is 9.16. The minimum absolute atomic E-state index is 0.180. The highest BCUT2D eigenvalue weighted by atomic mass is 16.4. The summed E-state index contributed by atoms with van der Waals surface area (Å²) < 4.78 is 0. The van der Waals surface area contributed by atoms with Crippen LogP contribution in [-0.2, 0) is 0 Å². The fourth-order valence-corrected chi connectivity index (χ4v) is 1.25. The van der Waals surface area contributed by atoms with E-state index in [-0.39, 0.29) is 11.1 Å². The van der Waals surface area contributed by atoms with Gasteiger partial charge in [0, 0.05) is 16.9 Å². The van der Waals surface area contributed by atoms with Crippen molar-refractivity contribution < 1.29 is 9.90 Å². The average molecular weight is 208 g/mol. The maximum Gasteiger partial charge on any atom is 0.337 e. The van der Waals surface area contributed by atoms with Crippen molar-refractivity contribution in [1.82, 2.24) is 0 Å². The van der Waals surface area contributed by atoms with Gasteiger partial charge in [0.1, 0.15) is 0 Å². The lowest BCUT2D eigenvalue weighted by Gasteiger charge is -2.23. The van der Waals surface area contributed by atoms with Gasteiger partial charge in [0.05, 0.1) is 5.56 Å². The SMILES string of the molecule is CC(C)(C)Nc1ccc(N)cc1C(=O)O. The second kappa shape index (κ2) is 3.81. The van der Waals surface area contributed by atoms with Crippen LogP contribution in [0.5, 0.6) is 0 Å². The first kappa shape index (κ1) is 11.4. The number of nitrogen functional groups attached to an aromatic ring is 1. The number of carboxylic acid groups (broad SMARTS) is 1. The predicted octanol–water partition coefficient (Wildman–Crippen LogP) is 2.18. The zero-order valence-electron chi connectivity index (χ0n) is 9.16. The molecule has 0 saturated heterocycles. The molecule has 0 fully saturated rings. The Bertz CT molecular complexity index is 381. The highest BCUT2D eigenvalue weighted by Gasteiger charge is 2.15. The molecule has 0 aromatic heterocycles. The Morgan fingerprint density at radius 1 is 1.40 bits per heavy atom. The molecule has 0 aliphatic rings. The van der Waals surface area contributed by atoms with E-state index >= 15 is 0 Å². The number of benzene rings is 1. The van der Waals surface area contributed by atoms with Crippen LogP contribution in [0.25, 0.3) is 0 Å². The smallest absolute Gasteiger partial charge is 0.337 e. The van der Waals surface area contributed by atoms with Gasteiger partial charge in [-0.15, -0.1) is 0 Å². The molecule has 1 aromatic carbocycles. The van der Waals surface area contributed by atoms with Gasteiger partial charge in [-0.3, -0.25) is 0 Å². The van der Waals surface area contributed by atoms with Crippen molar-refractivity contribution in [3.8, 4) is 0 Å². The zero-order chi connectivity index (χ0) is 11.6. The molecule has 0 spiro atoms. The summed E-state index contributed by atoms with van der Waals surface area (Å²) in [6, 6.07) is 4.82. The number of hydrogen-bond donors (Lipinski definition) is 3. The Hall–Kier alpha value is -1.71. The first-order chi connectivity index (χ1) is 6.79. The number of anilines is 2. The Labute approximate surface area is 89.1 Å². The van der Waals surface area contributed by atoms with Crippen LogP contribution >= 0.6 is 0 Å². The standard InChI is InChI=1S/C11H16N2O2/c1-11(2,3)13-9-5-4-7(12)6-8(9)10(14)15/h4-6,13H,12H2,1-3H3,(H,14,15). The second-order valence-electron chi connectivity index (χ2n) is 4.49. The molecule has 4 nitrogen and oxygen atoms in total. The third-order valence-corrected chi connectivity index (χ3v) is 1.78. The molecule has 0 unspecified atom stereocenters. The van der Waals surface area contributed by atoms with E-state index in [9.17, 15) is 4.79 Å². The van der Waals surface area contributed by atoms with Crippen LogP contribution in [-0.4, -0.2) is 16.6 Å². The predicted molar refractivity (Wildman–Crippen MR) is 61.2 cm³/mol. The van der Waals surface area contributed by atoms with Gasteiger partial charge < -0.3 is 16.2 Å². The Morgan fingerprint density at radius 2 is 2.00 bits per heavy atom. The maximum absolute atomic E-state index is 11.0. The van der Waals surface area contributed by atoms with Crippen molar-refractivity contribution in [2.45, 2.75) is 26.3 Å². The first-order valence-corrected chi connectivity index (χ1v) is 4.70. The molecular formula is C11H16N2O2. The summed E-state index contributed by atoms with van der Waals surface area (Å²) in [5.41, 5.74) is 6.59. The molecule has 0 radical (unpaired) electrons. The summed E-state index contributed by atoms with van der Waals surface area (Å²) >= 11 is 0. The Balaban J connectivity index is 3.12. The van der Waals surface area contributed by atoms with Gasteiger partial charge in [0.25, 0.3) is 0 Å². The molecule has 0 bridgehead atoms. The number of carbonyl (C=O) groups is 1. The maximum atomic E-state index is 11.0. The van der Waals surface area contributed by atoms with Crippen LogP contribution in [0.1, 0.15) is 31.1 Å². The van der Waals surface area contributed by atoms with Crippen LogP contribution in [0.4, 0.5) is 11.4 Å². The number of carboxylic acids is 1. The fraction of sp³-hybridized carbons (Fsp3) is 0.364. The number of nitrogens with two attached hydrogens (primary N) is 1. The van der Waals surface area contributed by atoms with Gasteiger partial charge in [0.2, 0.25) is 0 Å². The summed E-state index contributed by atoms with van der Waals surface area (Å²) in [5, 5.41) is 12.1. The lowest BCUT2D eigenvalue weighted by Crippen LogP contribution is -2.27.